The Hall–Kier alpha value is -2.86. The summed E-state index contributed by atoms with van der Waals surface area (Å²) < 4.78 is 5.26. The Balaban J connectivity index is 1.88. The van der Waals surface area contributed by atoms with Crippen LogP contribution in [0.1, 0.15) is 21.8 Å². The van der Waals surface area contributed by atoms with Crippen LogP contribution in [0.5, 0.6) is 0 Å². The van der Waals surface area contributed by atoms with Gasteiger partial charge in [0.15, 0.2) is 0 Å². The standard InChI is InChI=1S/C18H13N3O2S/c1-10-17(11(2)23-21-10)15-5-6-16(24-15)18-13-7-12(8-22)3-4-14(13)19-9-20-18/h3-9H,1-2H3. The molecule has 0 aliphatic rings. The number of aryl methyl sites for hydroxylation is 2. The van der Waals surface area contributed by atoms with Crippen molar-refractivity contribution in [3.63, 3.8) is 0 Å². The fraction of sp³-hybridized carbons (Fsp3) is 0.111. The van der Waals surface area contributed by atoms with Gasteiger partial charge in [0, 0.05) is 15.8 Å². The molecular weight excluding hydrogens is 322 g/mol. The highest BCUT2D eigenvalue weighted by Crippen LogP contribution is 2.38. The number of hydrogen-bond acceptors (Lipinski definition) is 6. The van der Waals surface area contributed by atoms with E-state index >= 15 is 0 Å². The van der Waals surface area contributed by atoms with Crippen LogP contribution in [0.15, 0.2) is 41.2 Å². The molecule has 0 fully saturated rings. The molecule has 0 bridgehead atoms. The molecule has 0 spiro atoms. The van der Waals surface area contributed by atoms with Gasteiger partial charge < -0.3 is 4.52 Å². The lowest BCUT2D eigenvalue weighted by Gasteiger charge is -2.03. The number of thiophene rings is 1. The fourth-order valence-corrected chi connectivity index (χ4v) is 3.94. The summed E-state index contributed by atoms with van der Waals surface area (Å²) in [6.45, 7) is 3.84. The maximum absolute atomic E-state index is 11.1. The van der Waals surface area contributed by atoms with Crippen molar-refractivity contribution < 1.29 is 9.32 Å². The van der Waals surface area contributed by atoms with Crippen molar-refractivity contribution in [2.45, 2.75) is 13.8 Å². The van der Waals surface area contributed by atoms with Crippen molar-refractivity contribution in [3.8, 4) is 21.0 Å². The van der Waals surface area contributed by atoms with Gasteiger partial charge in [-0.15, -0.1) is 11.3 Å². The highest BCUT2D eigenvalue weighted by molar-refractivity contribution is 7.18. The normalized spacial score (nSPS) is 11.1. The zero-order chi connectivity index (χ0) is 16.7. The average molecular weight is 335 g/mol. The average Bonchev–Trinajstić information content (AvgIpc) is 3.20. The number of fused-ring (bicyclic) bond motifs is 1. The molecular formula is C18H13N3O2S. The van der Waals surface area contributed by atoms with E-state index in [0.717, 1.165) is 49.7 Å². The van der Waals surface area contributed by atoms with Gasteiger partial charge in [0.2, 0.25) is 0 Å². The van der Waals surface area contributed by atoms with E-state index in [2.05, 4.69) is 15.1 Å². The molecule has 4 aromatic rings. The molecule has 0 aliphatic carbocycles. The summed E-state index contributed by atoms with van der Waals surface area (Å²) in [4.78, 5) is 21.9. The lowest BCUT2D eigenvalue weighted by Crippen LogP contribution is -1.89. The molecule has 0 atom stereocenters. The predicted octanol–water partition coefficient (Wildman–Crippen LogP) is 4.44. The van der Waals surface area contributed by atoms with Crippen molar-refractivity contribution in [1.82, 2.24) is 15.1 Å². The molecule has 0 aliphatic heterocycles. The third kappa shape index (κ3) is 2.32. The second kappa shape index (κ2) is 5.65. The number of aldehydes is 1. The smallest absolute Gasteiger partial charge is 0.150 e. The van der Waals surface area contributed by atoms with Gasteiger partial charge in [-0.2, -0.15) is 0 Å². The molecule has 24 heavy (non-hydrogen) atoms. The van der Waals surface area contributed by atoms with Crippen molar-refractivity contribution in [1.29, 1.82) is 0 Å². The number of nitrogens with zero attached hydrogens (tertiary/aromatic N) is 3. The van der Waals surface area contributed by atoms with Crippen LogP contribution in [0.3, 0.4) is 0 Å². The molecule has 0 N–H and O–H groups in total. The lowest BCUT2D eigenvalue weighted by atomic mass is 10.1. The molecule has 0 saturated carbocycles. The van der Waals surface area contributed by atoms with Crippen LogP contribution in [-0.4, -0.2) is 21.4 Å². The monoisotopic (exact) mass is 335 g/mol. The quantitative estimate of drug-likeness (QED) is 0.518. The first-order valence-electron chi connectivity index (χ1n) is 7.41. The van der Waals surface area contributed by atoms with E-state index < -0.39 is 0 Å². The molecule has 0 radical (unpaired) electrons. The van der Waals surface area contributed by atoms with E-state index in [1.807, 2.05) is 38.1 Å². The van der Waals surface area contributed by atoms with Crippen LogP contribution in [0.25, 0.3) is 31.9 Å². The predicted molar refractivity (Wildman–Crippen MR) is 93.2 cm³/mol. The largest absolute Gasteiger partial charge is 0.361 e. The molecule has 5 nitrogen and oxygen atoms in total. The lowest BCUT2D eigenvalue weighted by molar-refractivity contribution is 0.112. The second-order valence-electron chi connectivity index (χ2n) is 5.48. The van der Waals surface area contributed by atoms with E-state index in [4.69, 9.17) is 4.52 Å². The summed E-state index contributed by atoms with van der Waals surface area (Å²) in [6, 6.07) is 9.50. The van der Waals surface area contributed by atoms with Gasteiger partial charge in [-0.1, -0.05) is 5.16 Å². The first-order valence-corrected chi connectivity index (χ1v) is 8.22. The van der Waals surface area contributed by atoms with Crippen molar-refractivity contribution in [2.24, 2.45) is 0 Å². The third-order valence-electron chi connectivity index (χ3n) is 3.91. The van der Waals surface area contributed by atoms with Crippen molar-refractivity contribution >= 4 is 28.5 Å². The maximum Gasteiger partial charge on any atom is 0.150 e. The maximum atomic E-state index is 11.1. The van der Waals surface area contributed by atoms with Gasteiger partial charge in [-0.3, -0.25) is 4.79 Å². The molecule has 118 valence electrons. The summed E-state index contributed by atoms with van der Waals surface area (Å²) in [7, 11) is 0. The van der Waals surface area contributed by atoms with Crippen LogP contribution in [0.2, 0.25) is 0 Å². The molecule has 3 heterocycles. The SMILES string of the molecule is Cc1noc(C)c1-c1ccc(-c2ncnc3ccc(C=O)cc23)s1. The van der Waals surface area contributed by atoms with Crippen LogP contribution in [0.4, 0.5) is 0 Å². The Morgan fingerprint density at radius 2 is 1.92 bits per heavy atom. The van der Waals surface area contributed by atoms with E-state index in [9.17, 15) is 4.79 Å². The van der Waals surface area contributed by atoms with Crippen LogP contribution >= 0.6 is 11.3 Å². The molecule has 0 unspecified atom stereocenters. The Bertz CT molecular complexity index is 1050. The summed E-state index contributed by atoms with van der Waals surface area (Å²) >= 11 is 1.62. The Labute approximate surface area is 142 Å². The minimum Gasteiger partial charge on any atom is -0.361 e. The third-order valence-corrected chi connectivity index (χ3v) is 5.02. The molecule has 1 aromatic carbocycles. The summed E-state index contributed by atoms with van der Waals surface area (Å²) in [6.07, 6.45) is 2.38. The second-order valence-corrected chi connectivity index (χ2v) is 6.56. The van der Waals surface area contributed by atoms with Crippen molar-refractivity contribution in [3.05, 3.63) is 53.7 Å². The summed E-state index contributed by atoms with van der Waals surface area (Å²) in [5, 5.41) is 4.88. The van der Waals surface area contributed by atoms with Gasteiger partial charge >= 0.3 is 0 Å². The Morgan fingerprint density at radius 1 is 1.08 bits per heavy atom. The molecule has 3 aromatic heterocycles. The fourth-order valence-electron chi connectivity index (χ4n) is 2.78. The first-order chi connectivity index (χ1) is 11.7. The highest BCUT2D eigenvalue weighted by Gasteiger charge is 2.16. The van der Waals surface area contributed by atoms with E-state index in [0.29, 0.717) is 5.56 Å². The van der Waals surface area contributed by atoms with E-state index in [1.165, 1.54) is 0 Å². The number of carbonyl (C=O) groups excluding carboxylic acids is 1. The summed E-state index contributed by atoms with van der Waals surface area (Å²) in [5.74, 6) is 0.802. The van der Waals surface area contributed by atoms with Crippen LogP contribution < -0.4 is 0 Å². The molecule has 0 amide bonds. The Morgan fingerprint density at radius 3 is 2.67 bits per heavy atom. The number of aromatic nitrogens is 3. The van der Waals surface area contributed by atoms with Gasteiger partial charge in [0.1, 0.15) is 18.4 Å². The van der Waals surface area contributed by atoms with Gasteiger partial charge in [0.25, 0.3) is 0 Å². The number of hydrogen-bond donors (Lipinski definition) is 0. The van der Waals surface area contributed by atoms with Gasteiger partial charge in [0.05, 0.1) is 27.3 Å². The van der Waals surface area contributed by atoms with Gasteiger partial charge in [-0.25, -0.2) is 9.97 Å². The van der Waals surface area contributed by atoms with E-state index in [1.54, 1.807) is 23.7 Å². The Kier molecular flexibility index (Phi) is 3.46. The van der Waals surface area contributed by atoms with Crippen LogP contribution in [0, 0.1) is 13.8 Å². The summed E-state index contributed by atoms with van der Waals surface area (Å²) in [5.41, 5.74) is 4.15. The van der Waals surface area contributed by atoms with Crippen LogP contribution in [-0.2, 0) is 0 Å². The topological polar surface area (TPSA) is 68.9 Å². The minimum atomic E-state index is 0.612. The molecule has 4 rings (SSSR count). The first kappa shape index (κ1) is 14.7. The van der Waals surface area contributed by atoms with E-state index in [-0.39, 0.29) is 0 Å². The number of benzene rings is 1. The molecule has 6 heteroatoms. The van der Waals surface area contributed by atoms with Crippen molar-refractivity contribution in [2.75, 3.05) is 0 Å². The number of carbonyl (C=O) groups is 1. The highest BCUT2D eigenvalue weighted by atomic mass is 32.1. The zero-order valence-corrected chi connectivity index (χ0v) is 13.9. The minimum absolute atomic E-state index is 0.612. The number of rotatable bonds is 3. The van der Waals surface area contributed by atoms with Gasteiger partial charge in [-0.05, 0) is 44.2 Å². The zero-order valence-electron chi connectivity index (χ0n) is 13.1. The molecule has 0 saturated heterocycles.